The molecule has 0 radical (unpaired) electrons. The van der Waals surface area contributed by atoms with E-state index < -0.39 is 95.9 Å². The zero-order valence-electron chi connectivity index (χ0n) is 31.2. The summed E-state index contributed by atoms with van der Waals surface area (Å²) < 4.78 is 0. The van der Waals surface area contributed by atoms with Gasteiger partial charge in [0.15, 0.2) is 0 Å². The lowest BCUT2D eigenvalue weighted by molar-refractivity contribution is -0.139. The molecule has 296 valence electrons. The average Bonchev–Trinajstić information content (AvgIpc) is 3.07. The Morgan fingerprint density at radius 3 is 1.91 bits per heavy atom. The fourth-order valence-electron chi connectivity index (χ4n) is 4.98. The van der Waals surface area contributed by atoms with Crippen LogP contribution in [-0.2, 0) is 44.8 Å². The summed E-state index contributed by atoms with van der Waals surface area (Å²) in [5.74, 6) is -5.71. The summed E-state index contributed by atoms with van der Waals surface area (Å²) in [6.45, 7) is 8.38. The number of carbonyl (C=O) groups excluding carboxylic acids is 7. The Bertz CT molecular complexity index is 1410. The van der Waals surface area contributed by atoms with Crippen LogP contribution in [0.1, 0.15) is 65.9 Å². The number of primary amides is 1. The lowest BCUT2D eigenvalue weighted by Crippen LogP contribution is -2.58. The lowest BCUT2D eigenvalue weighted by atomic mass is 10.0. The molecule has 0 spiro atoms. The Hall–Kier alpha value is -4.71. The van der Waals surface area contributed by atoms with Crippen molar-refractivity contribution >= 4 is 59.1 Å². The van der Waals surface area contributed by atoms with Crippen LogP contribution in [0.2, 0.25) is 0 Å². The van der Waals surface area contributed by atoms with Crippen LogP contribution in [0.15, 0.2) is 30.3 Å². The van der Waals surface area contributed by atoms with Gasteiger partial charge in [-0.05, 0) is 49.2 Å². The maximum Gasteiger partial charge on any atom is 0.305 e. The van der Waals surface area contributed by atoms with Gasteiger partial charge in [-0.15, -0.1) is 0 Å². The average molecular weight is 765 g/mol. The smallest absolute Gasteiger partial charge is 0.305 e. The van der Waals surface area contributed by atoms with Crippen LogP contribution in [0.25, 0.3) is 0 Å². The van der Waals surface area contributed by atoms with Crippen LogP contribution in [-0.4, -0.2) is 107 Å². The van der Waals surface area contributed by atoms with Crippen LogP contribution in [0.3, 0.4) is 0 Å². The van der Waals surface area contributed by atoms with Crippen molar-refractivity contribution in [3.63, 3.8) is 0 Å². The van der Waals surface area contributed by atoms with Crippen LogP contribution in [0, 0.1) is 11.8 Å². The number of hydrogen-bond donors (Lipinski definition) is 9. The van der Waals surface area contributed by atoms with E-state index in [9.17, 15) is 38.4 Å². The number of carbonyl (C=O) groups is 8. The van der Waals surface area contributed by atoms with E-state index in [1.54, 1.807) is 44.2 Å². The predicted molar refractivity (Wildman–Crippen MR) is 200 cm³/mol. The van der Waals surface area contributed by atoms with Crippen molar-refractivity contribution in [1.29, 1.82) is 0 Å². The number of benzene rings is 1. The Balaban J connectivity index is 2.95. The van der Waals surface area contributed by atoms with Crippen LogP contribution in [0.5, 0.6) is 0 Å². The number of carboxylic acid groups (broad SMARTS) is 1. The predicted octanol–water partition coefficient (Wildman–Crippen LogP) is -1.08. The molecule has 18 heteroatoms. The molecule has 0 heterocycles. The van der Waals surface area contributed by atoms with E-state index in [2.05, 4.69) is 31.9 Å². The summed E-state index contributed by atoms with van der Waals surface area (Å²) in [4.78, 5) is 101. The van der Waals surface area contributed by atoms with Gasteiger partial charge < -0.3 is 48.5 Å². The molecule has 0 fully saturated rings. The standard InChI is InChI=1S/C35H56N8O9S/c1-19(2)16-25(33(50)41-24(30(37)47)13-15-53-6)40-27(44)12-14-38-35(52)29(20(3)4)43-34(51)26(17-22-10-8-7-9-11-22)42-31(48)21(5)39-32(49)23(36)18-28(45)46/h7-11,19-21,23-26,29H,12-18,36H2,1-6H3,(H2,37,47)(H,38,52)(H,39,49)(H,40,44)(H,41,50)(H,42,48)(H,43,51)(H,45,46)/t21-,23-,24-,25-,26-,29+/m0/s1. The third-order valence-corrected chi connectivity index (χ3v) is 8.57. The number of nitrogens with one attached hydrogen (secondary N) is 6. The number of aliphatic carboxylic acids is 1. The number of hydrogen-bond acceptors (Lipinski definition) is 10. The van der Waals surface area contributed by atoms with Crippen LogP contribution < -0.4 is 43.4 Å². The van der Waals surface area contributed by atoms with E-state index in [0.29, 0.717) is 24.2 Å². The fourth-order valence-corrected chi connectivity index (χ4v) is 5.45. The highest BCUT2D eigenvalue weighted by Crippen LogP contribution is 2.09. The van der Waals surface area contributed by atoms with Gasteiger partial charge in [0.25, 0.3) is 0 Å². The Labute approximate surface area is 314 Å². The highest BCUT2D eigenvalue weighted by Gasteiger charge is 2.31. The molecular weight excluding hydrogens is 708 g/mol. The zero-order valence-corrected chi connectivity index (χ0v) is 32.0. The molecular formula is C35H56N8O9S. The van der Waals surface area contributed by atoms with E-state index in [1.807, 2.05) is 20.1 Å². The summed E-state index contributed by atoms with van der Waals surface area (Å²) in [5.41, 5.74) is 11.7. The third kappa shape index (κ3) is 18.1. The van der Waals surface area contributed by atoms with E-state index in [1.165, 1.54) is 18.7 Å². The molecule has 17 nitrogen and oxygen atoms in total. The second-order valence-corrected chi connectivity index (χ2v) is 14.4. The van der Waals surface area contributed by atoms with Crippen molar-refractivity contribution in [2.24, 2.45) is 23.3 Å². The Morgan fingerprint density at radius 2 is 1.36 bits per heavy atom. The van der Waals surface area contributed by atoms with Gasteiger partial charge in [0.1, 0.15) is 30.2 Å². The fraction of sp³-hybridized carbons (Fsp3) is 0.600. The largest absolute Gasteiger partial charge is 0.481 e. The zero-order chi connectivity index (χ0) is 40.2. The maximum absolute atomic E-state index is 13.6. The van der Waals surface area contributed by atoms with Crippen molar-refractivity contribution < 1.29 is 43.5 Å². The number of rotatable bonds is 24. The summed E-state index contributed by atoms with van der Waals surface area (Å²) in [6.07, 6.45) is 1.70. The minimum atomic E-state index is -1.39. The van der Waals surface area contributed by atoms with Crippen molar-refractivity contribution in [1.82, 2.24) is 31.9 Å². The molecule has 53 heavy (non-hydrogen) atoms. The topological polar surface area (TPSA) is 281 Å². The Morgan fingerprint density at radius 1 is 0.755 bits per heavy atom. The monoisotopic (exact) mass is 764 g/mol. The van der Waals surface area contributed by atoms with E-state index >= 15 is 0 Å². The van der Waals surface area contributed by atoms with E-state index in [4.69, 9.17) is 16.6 Å². The first-order valence-electron chi connectivity index (χ1n) is 17.4. The van der Waals surface area contributed by atoms with Crippen LogP contribution >= 0.6 is 11.8 Å². The molecule has 1 aromatic carbocycles. The third-order valence-electron chi connectivity index (χ3n) is 7.93. The molecule has 1 aromatic rings. The van der Waals surface area contributed by atoms with Crippen molar-refractivity contribution in [3.05, 3.63) is 35.9 Å². The highest BCUT2D eigenvalue weighted by molar-refractivity contribution is 7.98. The molecule has 7 amide bonds. The number of amides is 7. The molecule has 0 aliphatic heterocycles. The normalized spacial score (nSPS) is 14.4. The van der Waals surface area contributed by atoms with Gasteiger partial charge >= 0.3 is 5.97 Å². The summed E-state index contributed by atoms with van der Waals surface area (Å²) in [5, 5.41) is 24.4. The first kappa shape index (κ1) is 46.3. The minimum absolute atomic E-state index is 0.0268. The van der Waals surface area contributed by atoms with Gasteiger partial charge in [0, 0.05) is 19.4 Å². The van der Waals surface area contributed by atoms with Gasteiger partial charge in [0.2, 0.25) is 41.4 Å². The van der Waals surface area contributed by atoms with Gasteiger partial charge in [0.05, 0.1) is 12.5 Å². The lowest BCUT2D eigenvalue weighted by Gasteiger charge is -2.26. The van der Waals surface area contributed by atoms with Gasteiger partial charge in [-0.1, -0.05) is 58.0 Å². The van der Waals surface area contributed by atoms with Crippen molar-refractivity contribution in [3.8, 4) is 0 Å². The SMILES string of the molecule is CSCC[C@H](NC(=O)[C@H](CC(C)C)NC(=O)CCNC(=O)[C@H](NC(=O)[C@H](Cc1ccccc1)NC(=O)[C@H](C)NC(=O)[C@@H](N)CC(=O)O)C(C)C)C(N)=O. The first-order chi connectivity index (χ1) is 24.9. The number of thioether (sulfide) groups is 1. The molecule has 0 aromatic heterocycles. The summed E-state index contributed by atoms with van der Waals surface area (Å²) in [7, 11) is 0. The van der Waals surface area contributed by atoms with Crippen molar-refractivity contribution in [2.45, 2.75) is 103 Å². The molecule has 0 saturated carbocycles. The van der Waals surface area contributed by atoms with E-state index in [-0.39, 0.29) is 25.3 Å². The van der Waals surface area contributed by atoms with Gasteiger partial charge in [-0.2, -0.15) is 11.8 Å². The summed E-state index contributed by atoms with van der Waals surface area (Å²) >= 11 is 1.50. The molecule has 0 aliphatic carbocycles. The second-order valence-electron chi connectivity index (χ2n) is 13.5. The van der Waals surface area contributed by atoms with Crippen molar-refractivity contribution in [2.75, 3.05) is 18.6 Å². The molecule has 6 atom stereocenters. The molecule has 0 unspecified atom stereocenters. The molecule has 0 saturated heterocycles. The molecule has 1 rings (SSSR count). The Kier molecular flexibility index (Phi) is 20.8. The maximum atomic E-state index is 13.6. The second kappa shape index (κ2) is 23.8. The summed E-state index contributed by atoms with van der Waals surface area (Å²) in [6, 6.07) is 2.13. The van der Waals surface area contributed by atoms with E-state index in [0.717, 1.165) is 0 Å². The minimum Gasteiger partial charge on any atom is -0.481 e. The number of carboxylic acids is 1. The number of nitrogens with two attached hydrogens (primary N) is 2. The van der Waals surface area contributed by atoms with Crippen LogP contribution in [0.4, 0.5) is 0 Å². The highest BCUT2D eigenvalue weighted by atomic mass is 32.2. The van der Waals surface area contributed by atoms with Gasteiger partial charge in [-0.25, -0.2) is 0 Å². The molecule has 0 bridgehead atoms. The van der Waals surface area contributed by atoms with Gasteiger partial charge in [-0.3, -0.25) is 38.4 Å². The molecule has 11 N–H and O–H groups in total. The molecule has 0 aliphatic rings. The quantitative estimate of drug-likeness (QED) is 0.0611. The first-order valence-corrected chi connectivity index (χ1v) is 18.8.